The maximum absolute atomic E-state index is 12.3. The summed E-state index contributed by atoms with van der Waals surface area (Å²) in [5.41, 5.74) is 0.0813. The summed E-state index contributed by atoms with van der Waals surface area (Å²) in [5, 5.41) is 5.80. The largest absolute Gasteiger partial charge is 0.444 e. The summed E-state index contributed by atoms with van der Waals surface area (Å²) in [6.45, 7) is 8.27. The number of sulfone groups is 1. The van der Waals surface area contributed by atoms with Crippen LogP contribution < -0.4 is 10.6 Å². The zero-order chi connectivity index (χ0) is 18.2. The third-order valence-electron chi connectivity index (χ3n) is 3.03. The average Bonchev–Trinajstić information content (AvgIpc) is 2.45. The molecule has 0 atom stereocenters. The highest BCUT2D eigenvalue weighted by atomic mass is 32.2. The van der Waals surface area contributed by atoms with E-state index in [1.165, 1.54) is 0 Å². The van der Waals surface area contributed by atoms with Gasteiger partial charge in [0.25, 0.3) is 0 Å². The molecule has 0 saturated heterocycles. The summed E-state index contributed by atoms with van der Waals surface area (Å²) in [5.74, 6) is 0.131. The maximum Gasteiger partial charge on any atom is 0.407 e. The zero-order valence-corrected chi connectivity index (χ0v) is 15.7. The van der Waals surface area contributed by atoms with Gasteiger partial charge in [-0.15, -0.1) is 0 Å². The van der Waals surface area contributed by atoms with Crippen molar-refractivity contribution in [2.75, 3.05) is 24.2 Å². The quantitative estimate of drug-likeness (QED) is 0.699. The molecule has 0 heterocycles. The Hall–Kier alpha value is -1.76. The van der Waals surface area contributed by atoms with E-state index in [1.54, 1.807) is 24.3 Å². The molecule has 24 heavy (non-hydrogen) atoms. The molecule has 0 bridgehead atoms. The second-order valence-electron chi connectivity index (χ2n) is 6.52. The topological polar surface area (TPSA) is 84.5 Å². The smallest absolute Gasteiger partial charge is 0.407 e. The second kappa shape index (κ2) is 8.92. The van der Waals surface area contributed by atoms with Crippen LogP contribution in [-0.2, 0) is 14.6 Å². The molecule has 1 aromatic rings. The maximum atomic E-state index is 12.3. The van der Waals surface area contributed by atoms with Crippen LogP contribution in [0, 0.1) is 0 Å². The minimum atomic E-state index is -3.27. The molecule has 1 amide bonds. The minimum Gasteiger partial charge on any atom is -0.444 e. The number of hydrogen-bond acceptors (Lipinski definition) is 5. The van der Waals surface area contributed by atoms with E-state index in [2.05, 4.69) is 10.6 Å². The van der Waals surface area contributed by atoms with Gasteiger partial charge in [-0.3, -0.25) is 0 Å². The predicted octanol–water partition coefficient (Wildman–Crippen LogP) is 3.20. The molecule has 0 aliphatic rings. The van der Waals surface area contributed by atoms with Crippen LogP contribution in [0.5, 0.6) is 0 Å². The summed E-state index contributed by atoms with van der Waals surface area (Å²) in [4.78, 5) is 11.8. The monoisotopic (exact) mass is 356 g/mol. The van der Waals surface area contributed by atoms with Crippen molar-refractivity contribution in [3.63, 3.8) is 0 Å². The number of amides is 1. The van der Waals surface area contributed by atoms with Crippen LogP contribution in [-0.4, -0.2) is 39.0 Å². The number of rotatable bonds is 8. The standard InChI is InChI=1S/C17H28N2O4S/c1-5-13-24(21,22)15-10-7-6-9-14(15)18-11-8-12-19-16(20)23-17(2,3)4/h6-7,9-10,18H,5,8,11-13H2,1-4H3,(H,19,20). The lowest BCUT2D eigenvalue weighted by molar-refractivity contribution is 0.0528. The molecule has 0 radical (unpaired) electrons. The van der Waals surface area contributed by atoms with Gasteiger partial charge in [-0.1, -0.05) is 19.1 Å². The van der Waals surface area contributed by atoms with Crippen LogP contribution >= 0.6 is 0 Å². The Morgan fingerprint density at radius 2 is 1.83 bits per heavy atom. The van der Waals surface area contributed by atoms with Gasteiger partial charge in [0.15, 0.2) is 9.84 Å². The first-order valence-electron chi connectivity index (χ1n) is 8.18. The van der Waals surface area contributed by atoms with Crippen molar-refractivity contribution in [3.05, 3.63) is 24.3 Å². The zero-order valence-electron chi connectivity index (χ0n) is 14.9. The summed E-state index contributed by atoms with van der Waals surface area (Å²) in [7, 11) is -3.27. The molecule has 0 aromatic heterocycles. The van der Waals surface area contributed by atoms with Gasteiger partial charge >= 0.3 is 6.09 Å². The fourth-order valence-electron chi connectivity index (χ4n) is 2.08. The first kappa shape index (κ1) is 20.3. The van der Waals surface area contributed by atoms with E-state index >= 15 is 0 Å². The summed E-state index contributed by atoms with van der Waals surface area (Å²) >= 11 is 0. The van der Waals surface area contributed by atoms with Crippen molar-refractivity contribution in [1.82, 2.24) is 5.32 Å². The van der Waals surface area contributed by atoms with Gasteiger partial charge in [0.05, 0.1) is 16.3 Å². The molecular formula is C17H28N2O4S. The number of alkyl carbamates (subject to hydrolysis) is 1. The number of carbonyl (C=O) groups is 1. The van der Waals surface area contributed by atoms with Crippen LogP contribution in [0.15, 0.2) is 29.2 Å². The highest BCUT2D eigenvalue weighted by molar-refractivity contribution is 7.91. The highest BCUT2D eigenvalue weighted by Gasteiger charge is 2.17. The van der Waals surface area contributed by atoms with Crippen molar-refractivity contribution >= 4 is 21.6 Å². The number of para-hydroxylation sites is 1. The fraction of sp³-hybridized carbons (Fsp3) is 0.588. The first-order valence-corrected chi connectivity index (χ1v) is 9.83. The lowest BCUT2D eigenvalue weighted by Gasteiger charge is -2.19. The molecule has 2 N–H and O–H groups in total. The molecule has 136 valence electrons. The molecule has 1 rings (SSSR count). The number of hydrogen-bond donors (Lipinski definition) is 2. The Morgan fingerprint density at radius 3 is 2.46 bits per heavy atom. The summed E-state index contributed by atoms with van der Waals surface area (Å²) in [6.07, 6.45) is 0.783. The van der Waals surface area contributed by atoms with Crippen LogP contribution in [0.4, 0.5) is 10.5 Å². The molecular weight excluding hydrogens is 328 g/mol. The van der Waals surface area contributed by atoms with Gasteiger partial charge in [0.2, 0.25) is 0 Å². The molecule has 0 spiro atoms. The van der Waals surface area contributed by atoms with Crippen molar-refractivity contribution in [2.45, 2.75) is 51.0 Å². The molecule has 0 unspecified atom stereocenters. The number of ether oxygens (including phenoxy) is 1. The Balaban J connectivity index is 2.48. The lowest BCUT2D eigenvalue weighted by Crippen LogP contribution is -2.33. The number of carbonyl (C=O) groups excluding carboxylic acids is 1. The van der Waals surface area contributed by atoms with Gasteiger partial charge in [-0.2, -0.15) is 0 Å². The Kier molecular flexibility index (Phi) is 7.54. The van der Waals surface area contributed by atoms with Gasteiger partial charge in [-0.05, 0) is 45.7 Å². The predicted molar refractivity (Wildman–Crippen MR) is 96.1 cm³/mol. The van der Waals surface area contributed by atoms with Crippen molar-refractivity contribution in [1.29, 1.82) is 0 Å². The van der Waals surface area contributed by atoms with Crippen molar-refractivity contribution in [2.24, 2.45) is 0 Å². The van der Waals surface area contributed by atoms with Crippen molar-refractivity contribution < 1.29 is 17.9 Å². The van der Waals surface area contributed by atoms with Crippen LogP contribution in [0.2, 0.25) is 0 Å². The molecule has 0 aliphatic carbocycles. The highest BCUT2D eigenvalue weighted by Crippen LogP contribution is 2.22. The number of anilines is 1. The fourth-order valence-corrected chi connectivity index (χ4v) is 3.60. The van der Waals surface area contributed by atoms with E-state index in [0.717, 1.165) is 0 Å². The van der Waals surface area contributed by atoms with Gasteiger partial charge in [0, 0.05) is 13.1 Å². The average molecular weight is 356 g/mol. The molecule has 7 heteroatoms. The van der Waals surface area contributed by atoms with E-state index in [4.69, 9.17) is 4.74 Å². The summed E-state index contributed by atoms with van der Waals surface area (Å²) < 4.78 is 29.6. The molecule has 0 saturated carbocycles. The van der Waals surface area contributed by atoms with E-state index in [1.807, 2.05) is 27.7 Å². The SMILES string of the molecule is CCCS(=O)(=O)c1ccccc1NCCCNC(=O)OC(C)(C)C. The normalized spacial score (nSPS) is 11.8. The van der Waals surface area contributed by atoms with Crippen LogP contribution in [0.25, 0.3) is 0 Å². The molecule has 0 aliphatic heterocycles. The third kappa shape index (κ3) is 7.21. The third-order valence-corrected chi connectivity index (χ3v) is 5.00. The van der Waals surface area contributed by atoms with Crippen LogP contribution in [0.1, 0.15) is 40.5 Å². The van der Waals surface area contributed by atoms with Crippen LogP contribution in [0.3, 0.4) is 0 Å². The van der Waals surface area contributed by atoms with E-state index in [9.17, 15) is 13.2 Å². The van der Waals surface area contributed by atoms with E-state index < -0.39 is 21.5 Å². The Morgan fingerprint density at radius 1 is 1.17 bits per heavy atom. The van der Waals surface area contributed by atoms with E-state index in [0.29, 0.717) is 36.5 Å². The number of nitrogens with one attached hydrogen (secondary N) is 2. The van der Waals surface area contributed by atoms with E-state index in [-0.39, 0.29) is 5.75 Å². The van der Waals surface area contributed by atoms with Gasteiger partial charge in [-0.25, -0.2) is 13.2 Å². The number of benzene rings is 1. The first-order chi connectivity index (χ1) is 11.2. The molecule has 1 aromatic carbocycles. The molecule has 6 nitrogen and oxygen atoms in total. The summed E-state index contributed by atoms with van der Waals surface area (Å²) in [6, 6.07) is 6.89. The second-order valence-corrected chi connectivity index (χ2v) is 8.60. The van der Waals surface area contributed by atoms with Gasteiger partial charge in [0.1, 0.15) is 5.60 Å². The Labute approximate surface area is 144 Å². The van der Waals surface area contributed by atoms with Gasteiger partial charge < -0.3 is 15.4 Å². The van der Waals surface area contributed by atoms with Crippen molar-refractivity contribution in [3.8, 4) is 0 Å². The lowest BCUT2D eigenvalue weighted by atomic mass is 10.2. The minimum absolute atomic E-state index is 0.131. The Bertz CT molecular complexity index is 636. The molecule has 0 fully saturated rings.